The minimum atomic E-state index is -4.19. The van der Waals surface area contributed by atoms with Crippen LogP contribution in [0.5, 0.6) is 11.5 Å². The van der Waals surface area contributed by atoms with Gasteiger partial charge in [0.05, 0.1) is 50.9 Å². The van der Waals surface area contributed by atoms with E-state index in [4.69, 9.17) is 28.0 Å². The number of amides is 2. The van der Waals surface area contributed by atoms with Crippen LogP contribution in [-0.2, 0) is 34.1 Å². The van der Waals surface area contributed by atoms with Crippen molar-refractivity contribution >= 4 is 30.4 Å². The molecule has 2 heterocycles. The molecule has 18 heteroatoms. The first-order valence-corrected chi connectivity index (χ1v) is 23.3. The van der Waals surface area contributed by atoms with E-state index in [0.717, 1.165) is 16.7 Å². The van der Waals surface area contributed by atoms with Gasteiger partial charge in [-0.25, -0.2) is 27.4 Å². The van der Waals surface area contributed by atoms with Crippen molar-refractivity contribution in [3.8, 4) is 17.6 Å². The highest BCUT2D eigenvalue weighted by Gasteiger charge is 2.45. The Hall–Kier alpha value is -5.70. The summed E-state index contributed by atoms with van der Waals surface area (Å²) >= 11 is 0. The number of carbonyl (C=O) groups is 1. The fraction of sp³-hybridized carbons (Fsp3) is 0.348. The summed E-state index contributed by atoms with van der Waals surface area (Å²) in [4.78, 5) is 30.4. The third-order valence-electron chi connectivity index (χ3n) is 10.4. The monoisotopic (exact) mass is 912 g/mol. The summed E-state index contributed by atoms with van der Waals surface area (Å²) in [5.41, 5.74) is 0.446. The van der Waals surface area contributed by atoms with Crippen LogP contribution in [-0.4, -0.2) is 80.4 Å². The summed E-state index contributed by atoms with van der Waals surface area (Å²) in [6.07, 6.45) is -0.706. The SMILES string of the molecule is COc1ccc(C(OC[C@H]2O[C@@H](n3ccc(NC(=O)NS(=O)(=O)c4ccccc4)nc3=O)C[C@@H]2OP(OCCC#N)N(C(C)C)C(C)C)(c2ccccc2)c2ccc(OC)cc2)cc1. The average molecular weight is 913 g/mol. The predicted molar refractivity (Wildman–Crippen MR) is 241 cm³/mol. The van der Waals surface area contributed by atoms with Crippen molar-refractivity contribution in [1.82, 2.24) is 18.9 Å². The lowest BCUT2D eigenvalue weighted by Crippen LogP contribution is -2.39. The second kappa shape index (κ2) is 21.8. The zero-order valence-electron chi connectivity index (χ0n) is 36.5. The minimum absolute atomic E-state index is 0.00336. The highest BCUT2D eigenvalue weighted by Crippen LogP contribution is 2.50. The quantitative estimate of drug-likeness (QED) is 0.0438. The number of methoxy groups -OCH3 is 2. The van der Waals surface area contributed by atoms with Gasteiger partial charge in [0.1, 0.15) is 35.2 Å². The van der Waals surface area contributed by atoms with Crippen LogP contribution in [0, 0.1) is 11.3 Å². The van der Waals surface area contributed by atoms with Crippen molar-refractivity contribution in [3.63, 3.8) is 0 Å². The molecule has 1 aromatic heterocycles. The number of benzene rings is 4. The molecule has 1 fully saturated rings. The summed E-state index contributed by atoms with van der Waals surface area (Å²) in [6.45, 7) is 8.25. The zero-order chi connectivity index (χ0) is 45.9. The molecule has 5 aromatic rings. The Balaban J connectivity index is 1.36. The first kappa shape index (κ1) is 47.8. The number of nitrogens with one attached hydrogen (secondary N) is 2. The second-order valence-electron chi connectivity index (χ2n) is 15.2. The standard InChI is InChI=1S/C46H53N6O10PS/c1-32(2)52(33(3)4)63(60-29-13-27-47)62-40-30-43(51-28-26-42(49-45(51)54)48-44(53)50-64(55,56)39-16-11-8-12-17-39)61-41(40)31-59-46(34-14-9-7-10-15-34,35-18-22-37(57-5)23-19-35)36-20-24-38(58-6)25-21-36/h7-12,14-26,28,32-33,40-41,43H,13,29-31H2,1-6H3,(H2,48,49,50,53,54)/t40-,41+,43+,63?/m0/s1. The summed E-state index contributed by atoms with van der Waals surface area (Å²) in [6, 6.07) is 34.9. The van der Waals surface area contributed by atoms with Gasteiger partial charge in [-0.15, -0.1) is 0 Å². The highest BCUT2D eigenvalue weighted by molar-refractivity contribution is 7.90. The van der Waals surface area contributed by atoms with E-state index in [1.165, 1.54) is 41.1 Å². The van der Waals surface area contributed by atoms with Crippen LogP contribution in [0.4, 0.5) is 10.6 Å². The number of rotatable bonds is 20. The van der Waals surface area contributed by atoms with Gasteiger partial charge in [-0.1, -0.05) is 72.8 Å². The number of hydrogen-bond donors (Lipinski definition) is 2. The maximum absolute atomic E-state index is 13.7. The molecule has 4 aromatic carbocycles. The van der Waals surface area contributed by atoms with Crippen molar-refractivity contribution < 1.29 is 41.2 Å². The van der Waals surface area contributed by atoms with Crippen LogP contribution in [0.25, 0.3) is 0 Å². The molecule has 64 heavy (non-hydrogen) atoms. The Kier molecular flexibility index (Phi) is 16.3. The molecular weight excluding hydrogens is 860 g/mol. The highest BCUT2D eigenvalue weighted by atomic mass is 32.2. The molecule has 1 saturated heterocycles. The number of urea groups is 1. The van der Waals surface area contributed by atoms with Gasteiger partial charge in [0.2, 0.25) is 0 Å². The fourth-order valence-electron chi connectivity index (χ4n) is 7.45. The molecule has 0 radical (unpaired) electrons. The first-order valence-electron chi connectivity index (χ1n) is 20.7. The zero-order valence-corrected chi connectivity index (χ0v) is 38.2. The number of nitriles is 1. The molecule has 0 spiro atoms. The molecule has 1 aliphatic rings. The van der Waals surface area contributed by atoms with Gasteiger partial charge in [0.15, 0.2) is 0 Å². The third-order valence-corrected chi connectivity index (χ3v) is 13.9. The van der Waals surface area contributed by atoms with Gasteiger partial charge in [0.25, 0.3) is 18.5 Å². The average Bonchev–Trinajstić information content (AvgIpc) is 3.69. The van der Waals surface area contributed by atoms with E-state index in [1.54, 1.807) is 20.3 Å². The van der Waals surface area contributed by atoms with Crippen LogP contribution in [0.1, 0.15) is 63.5 Å². The van der Waals surface area contributed by atoms with Crippen molar-refractivity contribution in [2.75, 3.05) is 32.8 Å². The van der Waals surface area contributed by atoms with Crippen LogP contribution in [0.15, 0.2) is 131 Å². The molecular formula is C46H53N6O10PS. The summed E-state index contributed by atoms with van der Waals surface area (Å²) < 4.78 is 69.0. The Labute approximate surface area is 375 Å². The second-order valence-corrected chi connectivity index (χ2v) is 18.3. The van der Waals surface area contributed by atoms with E-state index >= 15 is 0 Å². The number of ether oxygens (including phenoxy) is 4. The molecule has 1 aliphatic heterocycles. The maximum atomic E-state index is 13.7. The van der Waals surface area contributed by atoms with E-state index in [1.807, 2.05) is 111 Å². The van der Waals surface area contributed by atoms with Gasteiger partial charge in [-0.05, 0) is 86.8 Å². The number of carbonyl (C=O) groups excluding carboxylic acids is 1. The number of nitrogens with zero attached hydrogens (tertiary/aromatic N) is 4. The molecule has 2 N–H and O–H groups in total. The van der Waals surface area contributed by atoms with Gasteiger partial charge in [-0.2, -0.15) is 10.2 Å². The number of aromatic nitrogens is 2. The van der Waals surface area contributed by atoms with E-state index in [-0.39, 0.29) is 48.9 Å². The molecule has 0 bridgehead atoms. The topological polar surface area (TPSA) is 193 Å². The van der Waals surface area contributed by atoms with Crippen LogP contribution >= 0.6 is 8.53 Å². The van der Waals surface area contributed by atoms with Gasteiger partial charge >= 0.3 is 11.7 Å². The molecule has 1 unspecified atom stereocenters. The van der Waals surface area contributed by atoms with E-state index in [9.17, 15) is 23.3 Å². The van der Waals surface area contributed by atoms with Crippen LogP contribution in [0.2, 0.25) is 0 Å². The van der Waals surface area contributed by atoms with Gasteiger partial charge in [0, 0.05) is 24.7 Å². The molecule has 338 valence electrons. The normalized spacial score (nSPS) is 17.0. The van der Waals surface area contributed by atoms with Crippen LogP contribution in [0.3, 0.4) is 0 Å². The number of hydrogen-bond acceptors (Lipinski definition) is 13. The smallest absolute Gasteiger partial charge is 0.351 e. The summed E-state index contributed by atoms with van der Waals surface area (Å²) in [5.74, 6) is 1.15. The van der Waals surface area contributed by atoms with Gasteiger partial charge in [-0.3, -0.25) is 9.88 Å². The Morgan fingerprint density at radius 1 is 0.891 bits per heavy atom. The minimum Gasteiger partial charge on any atom is -0.497 e. The molecule has 0 aliphatic carbocycles. The molecule has 4 atom stereocenters. The largest absolute Gasteiger partial charge is 0.497 e. The first-order chi connectivity index (χ1) is 30.8. The van der Waals surface area contributed by atoms with E-state index in [0.29, 0.717) is 11.5 Å². The lowest BCUT2D eigenvalue weighted by atomic mass is 9.80. The van der Waals surface area contributed by atoms with E-state index in [2.05, 4.69) is 21.0 Å². The summed E-state index contributed by atoms with van der Waals surface area (Å²) in [7, 11) is -2.74. The summed E-state index contributed by atoms with van der Waals surface area (Å²) in [5, 5.41) is 11.7. The Morgan fingerprint density at radius 2 is 1.45 bits per heavy atom. The Bertz CT molecular complexity index is 2450. The lowest BCUT2D eigenvalue weighted by molar-refractivity contribution is -0.0925. The molecule has 2 amide bonds. The Morgan fingerprint density at radius 3 is 1.98 bits per heavy atom. The maximum Gasteiger partial charge on any atom is 0.351 e. The van der Waals surface area contributed by atoms with Crippen LogP contribution < -0.4 is 25.2 Å². The van der Waals surface area contributed by atoms with E-state index < -0.39 is 54.3 Å². The number of sulfonamides is 1. The fourth-order valence-corrected chi connectivity index (χ4v) is 10.1. The molecule has 16 nitrogen and oxygen atoms in total. The number of anilines is 1. The van der Waals surface area contributed by atoms with Crippen molar-refractivity contribution in [2.45, 2.75) is 81.6 Å². The third kappa shape index (κ3) is 11.3. The van der Waals surface area contributed by atoms with Crippen molar-refractivity contribution in [2.24, 2.45) is 0 Å². The van der Waals surface area contributed by atoms with Gasteiger partial charge < -0.3 is 28.0 Å². The van der Waals surface area contributed by atoms with Crippen molar-refractivity contribution in [1.29, 1.82) is 5.26 Å². The van der Waals surface area contributed by atoms with Crippen molar-refractivity contribution in [3.05, 3.63) is 149 Å². The lowest BCUT2D eigenvalue weighted by Gasteiger charge is -2.39. The predicted octanol–water partition coefficient (Wildman–Crippen LogP) is 7.73. The molecule has 6 rings (SSSR count). The molecule has 0 saturated carbocycles.